The maximum Gasteiger partial charge on any atom is 0.235 e. The molecule has 0 radical (unpaired) electrons. The average molecular weight is 353 g/mol. The molecule has 0 bridgehead atoms. The first kappa shape index (κ1) is 17.9. The molecular weight excluding hydrogens is 330 g/mol. The smallest absolute Gasteiger partial charge is 0.235 e. The molecule has 2 aromatic carbocycles. The molecule has 1 heterocycles. The van der Waals surface area contributed by atoms with Crippen LogP contribution in [0.15, 0.2) is 48.5 Å². The van der Waals surface area contributed by atoms with Gasteiger partial charge < -0.3 is 15.8 Å². The minimum atomic E-state index is -0.470. The van der Waals surface area contributed by atoms with Crippen molar-refractivity contribution >= 4 is 11.8 Å². The second-order valence-corrected chi connectivity index (χ2v) is 6.38. The fraction of sp³-hybridized carbons (Fsp3) is 0.300. The van der Waals surface area contributed by atoms with Gasteiger partial charge in [0.05, 0.1) is 19.7 Å². The summed E-state index contributed by atoms with van der Waals surface area (Å²) in [5, 5.41) is 2.89. The topological polar surface area (TPSA) is 84.7 Å². The van der Waals surface area contributed by atoms with E-state index in [2.05, 4.69) is 5.32 Å². The molecular formula is C20H23N3O3. The van der Waals surface area contributed by atoms with Crippen molar-refractivity contribution in [3.8, 4) is 5.75 Å². The van der Waals surface area contributed by atoms with Gasteiger partial charge in [-0.2, -0.15) is 0 Å². The van der Waals surface area contributed by atoms with Crippen LogP contribution < -0.4 is 15.8 Å². The number of para-hydroxylation sites is 1. The first-order valence-corrected chi connectivity index (χ1v) is 8.57. The number of hydrogen-bond acceptors (Lipinski definition) is 4. The van der Waals surface area contributed by atoms with Gasteiger partial charge in [0.25, 0.3) is 0 Å². The Hall–Kier alpha value is -2.86. The maximum absolute atomic E-state index is 12.4. The van der Waals surface area contributed by atoms with Gasteiger partial charge in [0, 0.05) is 18.7 Å². The Morgan fingerprint density at radius 2 is 1.85 bits per heavy atom. The molecule has 0 saturated carbocycles. The highest BCUT2D eigenvalue weighted by Crippen LogP contribution is 2.23. The maximum atomic E-state index is 12.4. The molecule has 3 rings (SSSR count). The quantitative estimate of drug-likeness (QED) is 0.818. The lowest BCUT2D eigenvalue weighted by molar-refractivity contribution is -0.127. The van der Waals surface area contributed by atoms with Crippen LogP contribution in [0.3, 0.4) is 0 Å². The molecule has 2 amide bonds. The molecule has 1 aliphatic heterocycles. The first-order valence-electron chi connectivity index (χ1n) is 8.57. The molecule has 0 saturated heterocycles. The SMILES string of the molecule is COc1ccccc1CNC(=O)CN1Cc2ccccc2CC1C(N)=O. The zero-order valence-corrected chi connectivity index (χ0v) is 14.8. The van der Waals surface area contributed by atoms with Crippen LogP contribution >= 0.6 is 0 Å². The van der Waals surface area contributed by atoms with Gasteiger partial charge in [-0.1, -0.05) is 42.5 Å². The minimum Gasteiger partial charge on any atom is -0.496 e. The number of ether oxygens (including phenoxy) is 1. The van der Waals surface area contributed by atoms with Crippen molar-refractivity contribution in [3.05, 3.63) is 65.2 Å². The minimum absolute atomic E-state index is 0.122. The Morgan fingerprint density at radius 3 is 2.58 bits per heavy atom. The third kappa shape index (κ3) is 4.03. The van der Waals surface area contributed by atoms with Gasteiger partial charge >= 0.3 is 0 Å². The Kier molecular flexibility index (Phi) is 5.53. The van der Waals surface area contributed by atoms with Gasteiger partial charge in [0.2, 0.25) is 11.8 Å². The summed E-state index contributed by atoms with van der Waals surface area (Å²) in [4.78, 5) is 26.1. The Bertz CT molecular complexity index is 806. The third-order valence-electron chi connectivity index (χ3n) is 4.69. The van der Waals surface area contributed by atoms with E-state index in [0.717, 1.165) is 22.4 Å². The van der Waals surface area contributed by atoms with Crippen LogP contribution in [-0.4, -0.2) is 36.4 Å². The van der Waals surface area contributed by atoms with E-state index in [-0.39, 0.29) is 12.5 Å². The van der Waals surface area contributed by atoms with Crippen molar-refractivity contribution in [2.45, 2.75) is 25.6 Å². The second-order valence-electron chi connectivity index (χ2n) is 6.38. The number of hydrogen-bond donors (Lipinski definition) is 2. The standard InChI is InChI=1S/C20H23N3O3/c1-26-18-9-5-4-7-15(18)11-22-19(24)13-23-12-16-8-3-2-6-14(16)10-17(23)20(21)25/h2-9,17H,10-13H2,1H3,(H2,21,25)(H,22,24). The zero-order chi connectivity index (χ0) is 18.5. The first-order chi connectivity index (χ1) is 12.6. The van der Waals surface area contributed by atoms with Crippen molar-refractivity contribution < 1.29 is 14.3 Å². The summed E-state index contributed by atoms with van der Waals surface area (Å²) in [7, 11) is 1.60. The molecule has 0 fully saturated rings. The van der Waals surface area contributed by atoms with Gasteiger partial charge in [-0.3, -0.25) is 14.5 Å². The molecule has 6 nitrogen and oxygen atoms in total. The molecule has 1 atom stereocenters. The largest absolute Gasteiger partial charge is 0.496 e. The van der Waals surface area contributed by atoms with Crippen molar-refractivity contribution in [2.24, 2.45) is 5.73 Å². The number of methoxy groups -OCH3 is 1. The average Bonchev–Trinajstić information content (AvgIpc) is 2.65. The summed E-state index contributed by atoms with van der Waals surface area (Å²) in [6.45, 7) is 1.03. The predicted octanol–water partition coefficient (Wildman–Crippen LogP) is 1.22. The molecule has 26 heavy (non-hydrogen) atoms. The van der Waals surface area contributed by atoms with E-state index in [1.165, 1.54) is 0 Å². The lowest BCUT2D eigenvalue weighted by Gasteiger charge is -2.34. The summed E-state index contributed by atoms with van der Waals surface area (Å²) in [6, 6.07) is 15.0. The third-order valence-corrected chi connectivity index (χ3v) is 4.69. The van der Waals surface area contributed by atoms with E-state index in [0.29, 0.717) is 19.5 Å². The molecule has 2 aromatic rings. The van der Waals surface area contributed by atoms with Crippen LogP contribution in [0.25, 0.3) is 0 Å². The van der Waals surface area contributed by atoms with E-state index in [4.69, 9.17) is 10.5 Å². The van der Waals surface area contributed by atoms with Gasteiger partial charge in [0.15, 0.2) is 0 Å². The Balaban J connectivity index is 1.65. The van der Waals surface area contributed by atoms with Crippen LogP contribution in [0.2, 0.25) is 0 Å². The van der Waals surface area contributed by atoms with Crippen molar-refractivity contribution in [2.75, 3.05) is 13.7 Å². The molecule has 6 heteroatoms. The number of nitrogens with zero attached hydrogens (tertiary/aromatic N) is 1. The van der Waals surface area contributed by atoms with Gasteiger partial charge in [-0.05, 0) is 23.6 Å². The second kappa shape index (κ2) is 8.01. The van der Waals surface area contributed by atoms with E-state index >= 15 is 0 Å². The number of amides is 2. The van der Waals surface area contributed by atoms with Crippen molar-refractivity contribution in [3.63, 3.8) is 0 Å². The zero-order valence-electron chi connectivity index (χ0n) is 14.8. The number of carbonyl (C=O) groups is 2. The summed E-state index contributed by atoms with van der Waals surface area (Å²) < 4.78 is 5.29. The van der Waals surface area contributed by atoms with E-state index in [9.17, 15) is 9.59 Å². The van der Waals surface area contributed by atoms with Crippen LogP contribution in [0.5, 0.6) is 5.75 Å². The highest BCUT2D eigenvalue weighted by atomic mass is 16.5. The predicted molar refractivity (Wildman–Crippen MR) is 98.4 cm³/mol. The fourth-order valence-electron chi connectivity index (χ4n) is 3.31. The summed E-state index contributed by atoms with van der Waals surface area (Å²) >= 11 is 0. The molecule has 0 aromatic heterocycles. The van der Waals surface area contributed by atoms with E-state index in [1.54, 1.807) is 7.11 Å². The number of rotatable bonds is 6. The van der Waals surface area contributed by atoms with Crippen LogP contribution in [0, 0.1) is 0 Å². The highest BCUT2D eigenvalue weighted by molar-refractivity contribution is 5.83. The molecule has 1 unspecified atom stereocenters. The number of fused-ring (bicyclic) bond motifs is 1. The van der Waals surface area contributed by atoms with Crippen LogP contribution in [0.1, 0.15) is 16.7 Å². The molecule has 0 spiro atoms. The van der Waals surface area contributed by atoms with Crippen molar-refractivity contribution in [1.82, 2.24) is 10.2 Å². The Labute approximate surface area is 152 Å². The number of carbonyl (C=O) groups excluding carboxylic acids is 2. The summed E-state index contributed by atoms with van der Waals surface area (Å²) in [5.74, 6) is 0.174. The van der Waals surface area contributed by atoms with E-state index < -0.39 is 11.9 Å². The lowest BCUT2D eigenvalue weighted by Crippen LogP contribution is -2.51. The number of primary amides is 1. The van der Waals surface area contributed by atoms with Crippen LogP contribution in [0.4, 0.5) is 0 Å². The molecule has 136 valence electrons. The van der Waals surface area contributed by atoms with Gasteiger partial charge in [-0.15, -0.1) is 0 Å². The summed E-state index contributed by atoms with van der Waals surface area (Å²) in [5.41, 5.74) is 8.71. The normalized spacial score (nSPS) is 16.6. The molecule has 3 N–H and O–H groups in total. The highest BCUT2D eigenvalue weighted by Gasteiger charge is 2.31. The van der Waals surface area contributed by atoms with Gasteiger partial charge in [-0.25, -0.2) is 0 Å². The van der Waals surface area contributed by atoms with Crippen molar-refractivity contribution in [1.29, 1.82) is 0 Å². The number of nitrogens with one attached hydrogen (secondary N) is 1. The number of nitrogens with two attached hydrogens (primary N) is 1. The summed E-state index contributed by atoms with van der Waals surface area (Å²) in [6.07, 6.45) is 0.533. The van der Waals surface area contributed by atoms with Crippen LogP contribution in [-0.2, 0) is 29.1 Å². The monoisotopic (exact) mass is 353 g/mol. The molecule has 0 aliphatic carbocycles. The molecule has 1 aliphatic rings. The fourth-order valence-corrected chi connectivity index (χ4v) is 3.31. The van der Waals surface area contributed by atoms with Gasteiger partial charge in [0.1, 0.15) is 5.75 Å². The number of benzene rings is 2. The van der Waals surface area contributed by atoms with E-state index in [1.807, 2.05) is 53.4 Å². The Morgan fingerprint density at radius 1 is 1.15 bits per heavy atom. The lowest BCUT2D eigenvalue weighted by atomic mass is 9.93.